The van der Waals surface area contributed by atoms with Crippen molar-refractivity contribution in [3.8, 4) is 5.88 Å². The van der Waals surface area contributed by atoms with Crippen molar-refractivity contribution in [3.63, 3.8) is 0 Å². The quantitative estimate of drug-likeness (QED) is 0.873. The fourth-order valence-corrected chi connectivity index (χ4v) is 1.66. The van der Waals surface area contributed by atoms with Crippen molar-refractivity contribution < 1.29 is 9.53 Å². The van der Waals surface area contributed by atoms with Gasteiger partial charge in [0.25, 0.3) is 5.91 Å². The van der Waals surface area contributed by atoms with Crippen LogP contribution in [0.4, 0.5) is 11.5 Å². The molecule has 0 aliphatic heterocycles. The van der Waals surface area contributed by atoms with E-state index in [0.29, 0.717) is 22.9 Å². The minimum absolute atomic E-state index is 0.174. The third kappa shape index (κ3) is 3.88. The molecule has 7 heteroatoms. The van der Waals surface area contributed by atoms with E-state index in [-0.39, 0.29) is 11.9 Å². The van der Waals surface area contributed by atoms with E-state index in [0.717, 1.165) is 0 Å². The number of carbonyl (C=O) groups is 1. The van der Waals surface area contributed by atoms with Crippen molar-refractivity contribution >= 4 is 17.4 Å². The molecule has 0 bridgehead atoms. The summed E-state index contributed by atoms with van der Waals surface area (Å²) in [4.78, 5) is 16.0. The lowest BCUT2D eigenvalue weighted by Gasteiger charge is -2.14. The Morgan fingerprint density at radius 1 is 1.33 bits per heavy atom. The summed E-state index contributed by atoms with van der Waals surface area (Å²) in [5, 5.41) is 13.8. The molecule has 0 radical (unpaired) electrons. The summed E-state index contributed by atoms with van der Waals surface area (Å²) >= 11 is 0. The van der Waals surface area contributed by atoms with Gasteiger partial charge in [-0.15, -0.1) is 10.2 Å². The molecule has 2 heterocycles. The molecule has 2 aromatic rings. The van der Waals surface area contributed by atoms with Crippen molar-refractivity contribution in [2.45, 2.75) is 19.9 Å². The summed E-state index contributed by atoms with van der Waals surface area (Å²) < 4.78 is 5.04. The zero-order valence-electron chi connectivity index (χ0n) is 12.1. The number of ether oxygens (including phenoxy) is 1. The maximum absolute atomic E-state index is 12.1. The number of nitrogens with one attached hydrogen (secondary N) is 2. The summed E-state index contributed by atoms with van der Waals surface area (Å²) in [7, 11) is 1.51. The molecule has 21 heavy (non-hydrogen) atoms. The van der Waals surface area contributed by atoms with Crippen LogP contribution < -0.4 is 15.4 Å². The SMILES string of the molecule is COc1cc(NC(C)C)c(NC(=O)c2cccnc2)nn1. The first-order valence-electron chi connectivity index (χ1n) is 6.49. The molecule has 1 amide bonds. The Bertz CT molecular complexity index is 616. The van der Waals surface area contributed by atoms with Gasteiger partial charge in [0.15, 0.2) is 5.82 Å². The van der Waals surface area contributed by atoms with E-state index < -0.39 is 0 Å². The molecule has 0 unspecified atom stereocenters. The predicted octanol–water partition coefficient (Wildman–Crippen LogP) is 1.95. The molecule has 0 fully saturated rings. The smallest absolute Gasteiger partial charge is 0.258 e. The number of aromatic nitrogens is 3. The van der Waals surface area contributed by atoms with Gasteiger partial charge < -0.3 is 15.4 Å². The Hall–Kier alpha value is -2.70. The molecule has 7 nitrogen and oxygen atoms in total. The second kappa shape index (κ2) is 6.65. The van der Waals surface area contributed by atoms with Crippen molar-refractivity contribution in [1.29, 1.82) is 0 Å². The van der Waals surface area contributed by atoms with Crippen molar-refractivity contribution in [2.24, 2.45) is 0 Å². The van der Waals surface area contributed by atoms with Gasteiger partial charge in [0.05, 0.1) is 18.4 Å². The van der Waals surface area contributed by atoms with Gasteiger partial charge in [-0.1, -0.05) is 0 Å². The van der Waals surface area contributed by atoms with E-state index in [1.807, 2.05) is 13.8 Å². The number of hydrogen-bond donors (Lipinski definition) is 2. The van der Waals surface area contributed by atoms with Gasteiger partial charge in [-0.3, -0.25) is 9.78 Å². The summed E-state index contributed by atoms with van der Waals surface area (Å²) in [6, 6.07) is 5.23. The van der Waals surface area contributed by atoms with Crippen LogP contribution >= 0.6 is 0 Å². The normalized spacial score (nSPS) is 10.3. The Morgan fingerprint density at radius 3 is 2.76 bits per heavy atom. The van der Waals surface area contributed by atoms with E-state index in [2.05, 4.69) is 25.8 Å². The number of methoxy groups -OCH3 is 1. The molecule has 0 aromatic carbocycles. The van der Waals surface area contributed by atoms with Crippen molar-refractivity contribution in [2.75, 3.05) is 17.7 Å². The predicted molar refractivity (Wildman–Crippen MR) is 79.5 cm³/mol. The maximum Gasteiger partial charge on any atom is 0.258 e. The second-order valence-electron chi connectivity index (χ2n) is 4.64. The molecule has 0 spiro atoms. The highest BCUT2D eigenvalue weighted by atomic mass is 16.5. The lowest BCUT2D eigenvalue weighted by Crippen LogP contribution is -2.18. The molecule has 2 rings (SSSR count). The molecule has 2 N–H and O–H groups in total. The van der Waals surface area contributed by atoms with Gasteiger partial charge in [-0.05, 0) is 26.0 Å². The van der Waals surface area contributed by atoms with Gasteiger partial charge in [-0.25, -0.2) is 0 Å². The van der Waals surface area contributed by atoms with Crippen LogP contribution in [-0.4, -0.2) is 34.2 Å². The number of carbonyl (C=O) groups excluding carboxylic acids is 1. The van der Waals surface area contributed by atoms with Crippen LogP contribution in [0.5, 0.6) is 5.88 Å². The van der Waals surface area contributed by atoms with Crippen LogP contribution in [-0.2, 0) is 0 Å². The first-order chi connectivity index (χ1) is 10.1. The van der Waals surface area contributed by atoms with Crippen LogP contribution in [0, 0.1) is 0 Å². The summed E-state index contributed by atoms with van der Waals surface area (Å²) in [5.41, 5.74) is 1.10. The lowest BCUT2D eigenvalue weighted by molar-refractivity contribution is 0.102. The highest BCUT2D eigenvalue weighted by Crippen LogP contribution is 2.23. The standard InChI is InChI=1S/C14H17N5O2/c1-9(2)16-11-7-12(21-3)18-19-13(11)17-14(20)10-5-4-6-15-8-10/h4-9H,1-3H3,(H,16,18)(H,17,19,20). The maximum atomic E-state index is 12.1. The molecular formula is C14H17N5O2. The van der Waals surface area contributed by atoms with Crippen LogP contribution in [0.1, 0.15) is 24.2 Å². The third-order valence-corrected chi connectivity index (χ3v) is 2.58. The highest BCUT2D eigenvalue weighted by Gasteiger charge is 2.13. The molecule has 0 atom stereocenters. The number of pyridine rings is 1. The van der Waals surface area contributed by atoms with E-state index in [1.54, 1.807) is 24.4 Å². The van der Waals surface area contributed by atoms with Crippen LogP contribution in [0.25, 0.3) is 0 Å². The van der Waals surface area contributed by atoms with Crippen LogP contribution in [0.3, 0.4) is 0 Å². The minimum Gasteiger partial charge on any atom is -0.480 e. The molecule has 2 aromatic heterocycles. The zero-order chi connectivity index (χ0) is 15.2. The Balaban J connectivity index is 2.24. The molecule has 0 aliphatic carbocycles. The number of hydrogen-bond acceptors (Lipinski definition) is 6. The van der Waals surface area contributed by atoms with E-state index in [9.17, 15) is 4.79 Å². The highest BCUT2D eigenvalue weighted by molar-refractivity contribution is 6.04. The average Bonchev–Trinajstić information content (AvgIpc) is 2.49. The van der Waals surface area contributed by atoms with Gasteiger partial charge in [0.1, 0.15) is 0 Å². The van der Waals surface area contributed by atoms with E-state index in [1.165, 1.54) is 13.3 Å². The van der Waals surface area contributed by atoms with Gasteiger partial charge in [-0.2, -0.15) is 0 Å². The van der Waals surface area contributed by atoms with Crippen LogP contribution in [0.15, 0.2) is 30.6 Å². The first-order valence-corrected chi connectivity index (χ1v) is 6.49. The Morgan fingerprint density at radius 2 is 2.14 bits per heavy atom. The zero-order valence-corrected chi connectivity index (χ0v) is 12.1. The Kier molecular flexibility index (Phi) is 4.65. The largest absolute Gasteiger partial charge is 0.480 e. The fraction of sp³-hybridized carbons (Fsp3) is 0.286. The van der Waals surface area contributed by atoms with Crippen LogP contribution in [0.2, 0.25) is 0 Å². The van der Waals surface area contributed by atoms with E-state index in [4.69, 9.17) is 4.74 Å². The van der Waals surface area contributed by atoms with E-state index >= 15 is 0 Å². The first kappa shape index (κ1) is 14.7. The molecule has 0 saturated heterocycles. The summed E-state index contributed by atoms with van der Waals surface area (Å²) in [6.07, 6.45) is 3.09. The number of nitrogens with zero attached hydrogens (tertiary/aromatic N) is 3. The van der Waals surface area contributed by atoms with Gasteiger partial charge >= 0.3 is 0 Å². The monoisotopic (exact) mass is 287 g/mol. The molecule has 110 valence electrons. The lowest BCUT2D eigenvalue weighted by atomic mass is 10.2. The van der Waals surface area contributed by atoms with Gasteiger partial charge in [0.2, 0.25) is 5.88 Å². The van der Waals surface area contributed by atoms with Gasteiger partial charge in [0, 0.05) is 24.5 Å². The topological polar surface area (TPSA) is 89.0 Å². The fourth-order valence-electron chi connectivity index (χ4n) is 1.66. The third-order valence-electron chi connectivity index (χ3n) is 2.58. The molecule has 0 saturated carbocycles. The minimum atomic E-state index is -0.297. The number of amides is 1. The summed E-state index contributed by atoms with van der Waals surface area (Å²) in [5.74, 6) is 0.422. The second-order valence-corrected chi connectivity index (χ2v) is 4.64. The molecular weight excluding hydrogens is 270 g/mol. The number of anilines is 2. The average molecular weight is 287 g/mol. The molecule has 0 aliphatic rings. The number of rotatable bonds is 5. The van der Waals surface area contributed by atoms with Crippen molar-refractivity contribution in [1.82, 2.24) is 15.2 Å². The Labute approximate surface area is 122 Å². The summed E-state index contributed by atoms with van der Waals surface area (Å²) in [6.45, 7) is 3.97. The van der Waals surface area contributed by atoms with Crippen molar-refractivity contribution in [3.05, 3.63) is 36.2 Å².